The Balaban J connectivity index is 2.50. The molecule has 3 N–H and O–H groups in total. The zero-order chi connectivity index (χ0) is 15.0. The topological polar surface area (TPSA) is 102 Å². The minimum absolute atomic E-state index is 0.236. The predicted octanol–water partition coefficient (Wildman–Crippen LogP) is 1.61. The number of aliphatic carboxylic acids is 1. The van der Waals surface area contributed by atoms with Gasteiger partial charge in [0.25, 0.3) is 0 Å². The summed E-state index contributed by atoms with van der Waals surface area (Å²) in [6.45, 7) is 2.09. The molecule has 0 aliphatic rings. The lowest BCUT2D eigenvalue weighted by atomic mass is 10.1. The number of hydrogen-bond donors (Lipinski definition) is 3. The Labute approximate surface area is 117 Å². The van der Waals surface area contributed by atoms with Gasteiger partial charge in [0.2, 0.25) is 0 Å². The number of urea groups is 1. The summed E-state index contributed by atoms with van der Waals surface area (Å²) >= 11 is 0. The Morgan fingerprint density at radius 2 is 2.20 bits per heavy atom. The summed E-state index contributed by atoms with van der Waals surface area (Å²) in [5, 5.41) is 22.7. The monoisotopic (exact) mass is 275 g/mol. The van der Waals surface area contributed by atoms with E-state index in [0.717, 1.165) is 5.56 Å². The summed E-state index contributed by atoms with van der Waals surface area (Å²) in [4.78, 5) is 22.5. The van der Waals surface area contributed by atoms with Crippen LogP contribution < -0.4 is 10.6 Å². The van der Waals surface area contributed by atoms with E-state index in [1.54, 1.807) is 24.3 Å². The fourth-order valence-corrected chi connectivity index (χ4v) is 1.69. The van der Waals surface area contributed by atoms with Gasteiger partial charge < -0.3 is 15.7 Å². The van der Waals surface area contributed by atoms with Gasteiger partial charge in [-0.3, -0.25) is 0 Å². The molecular weight excluding hydrogens is 258 g/mol. The van der Waals surface area contributed by atoms with Gasteiger partial charge in [0.15, 0.2) is 0 Å². The number of rotatable bonds is 6. The molecule has 106 valence electrons. The fraction of sp³-hybridized carbons (Fsp3) is 0.357. The average molecular weight is 275 g/mol. The first-order chi connectivity index (χ1) is 9.56. The van der Waals surface area contributed by atoms with Gasteiger partial charge in [-0.05, 0) is 24.1 Å². The van der Waals surface area contributed by atoms with Gasteiger partial charge in [0, 0.05) is 6.54 Å². The Bertz CT molecular complexity index is 523. The first-order valence-electron chi connectivity index (χ1n) is 6.33. The molecule has 0 saturated carbocycles. The Kier molecular flexibility index (Phi) is 6.04. The van der Waals surface area contributed by atoms with Crippen LogP contribution in [-0.2, 0) is 11.3 Å². The van der Waals surface area contributed by atoms with Crippen molar-refractivity contribution in [3.8, 4) is 6.07 Å². The molecule has 0 saturated heterocycles. The van der Waals surface area contributed by atoms with Crippen molar-refractivity contribution in [1.82, 2.24) is 10.6 Å². The summed E-state index contributed by atoms with van der Waals surface area (Å²) in [7, 11) is 0. The summed E-state index contributed by atoms with van der Waals surface area (Å²) in [6, 6.07) is 7.44. The number of carbonyl (C=O) groups is 2. The van der Waals surface area contributed by atoms with Crippen molar-refractivity contribution < 1.29 is 14.7 Å². The first-order valence-corrected chi connectivity index (χ1v) is 6.33. The molecule has 1 atom stereocenters. The summed E-state index contributed by atoms with van der Waals surface area (Å²) in [5.41, 5.74) is 1.29. The molecule has 1 rings (SSSR count). The lowest BCUT2D eigenvalue weighted by Gasteiger charge is -2.14. The molecule has 0 aromatic heterocycles. The van der Waals surface area contributed by atoms with Gasteiger partial charge in [0.05, 0.1) is 11.6 Å². The number of hydrogen-bond acceptors (Lipinski definition) is 3. The quantitative estimate of drug-likeness (QED) is 0.734. The van der Waals surface area contributed by atoms with Crippen LogP contribution in [0.3, 0.4) is 0 Å². The molecule has 6 nitrogen and oxygen atoms in total. The SMILES string of the molecule is CCCC(NC(=O)NCc1cccc(C#N)c1)C(=O)O. The molecule has 0 fully saturated rings. The molecule has 0 radical (unpaired) electrons. The fourth-order valence-electron chi connectivity index (χ4n) is 1.69. The van der Waals surface area contributed by atoms with Crippen LogP contribution in [0.15, 0.2) is 24.3 Å². The molecule has 0 bridgehead atoms. The van der Waals surface area contributed by atoms with E-state index >= 15 is 0 Å². The molecule has 1 aromatic rings. The van der Waals surface area contributed by atoms with E-state index in [1.165, 1.54) is 0 Å². The minimum atomic E-state index is -1.05. The summed E-state index contributed by atoms with van der Waals surface area (Å²) in [6.07, 6.45) is 1.05. The van der Waals surface area contributed by atoms with Crippen LogP contribution in [0, 0.1) is 11.3 Å². The summed E-state index contributed by atoms with van der Waals surface area (Å²) in [5.74, 6) is -1.05. The van der Waals surface area contributed by atoms with Crippen molar-refractivity contribution in [3.63, 3.8) is 0 Å². The number of carboxylic acids is 1. The highest BCUT2D eigenvalue weighted by Crippen LogP contribution is 2.03. The highest BCUT2D eigenvalue weighted by atomic mass is 16.4. The number of nitrogens with zero attached hydrogens (tertiary/aromatic N) is 1. The maximum absolute atomic E-state index is 11.6. The minimum Gasteiger partial charge on any atom is -0.480 e. The first kappa shape index (κ1) is 15.5. The number of benzene rings is 1. The van der Waals surface area contributed by atoms with E-state index in [9.17, 15) is 9.59 Å². The van der Waals surface area contributed by atoms with Crippen LogP contribution >= 0.6 is 0 Å². The average Bonchev–Trinajstić information content (AvgIpc) is 2.44. The van der Waals surface area contributed by atoms with E-state index in [-0.39, 0.29) is 6.54 Å². The lowest BCUT2D eigenvalue weighted by molar-refractivity contribution is -0.139. The van der Waals surface area contributed by atoms with E-state index in [0.29, 0.717) is 18.4 Å². The van der Waals surface area contributed by atoms with Crippen LogP contribution in [-0.4, -0.2) is 23.1 Å². The van der Waals surface area contributed by atoms with Crippen LogP contribution in [0.4, 0.5) is 4.79 Å². The number of nitrogens with one attached hydrogen (secondary N) is 2. The maximum Gasteiger partial charge on any atom is 0.326 e. The van der Waals surface area contributed by atoms with Crippen LogP contribution in [0.25, 0.3) is 0 Å². The maximum atomic E-state index is 11.6. The highest BCUT2D eigenvalue weighted by Gasteiger charge is 2.18. The van der Waals surface area contributed by atoms with Crippen LogP contribution in [0.5, 0.6) is 0 Å². The third-order valence-electron chi connectivity index (χ3n) is 2.69. The van der Waals surface area contributed by atoms with Gasteiger partial charge in [-0.1, -0.05) is 25.5 Å². The largest absolute Gasteiger partial charge is 0.480 e. The number of carbonyl (C=O) groups excluding carboxylic acids is 1. The number of carboxylic acid groups (broad SMARTS) is 1. The lowest BCUT2D eigenvalue weighted by Crippen LogP contribution is -2.45. The van der Waals surface area contributed by atoms with E-state index < -0.39 is 18.0 Å². The van der Waals surface area contributed by atoms with E-state index in [4.69, 9.17) is 10.4 Å². The molecular formula is C14H17N3O3. The second kappa shape index (κ2) is 7.79. The van der Waals surface area contributed by atoms with E-state index in [1.807, 2.05) is 13.0 Å². The van der Waals surface area contributed by atoms with Crippen molar-refractivity contribution in [3.05, 3.63) is 35.4 Å². The smallest absolute Gasteiger partial charge is 0.326 e. The molecule has 0 spiro atoms. The van der Waals surface area contributed by atoms with Gasteiger partial charge in [-0.2, -0.15) is 5.26 Å². The van der Waals surface area contributed by atoms with Crippen molar-refractivity contribution >= 4 is 12.0 Å². The molecule has 0 aliphatic heterocycles. The van der Waals surface area contributed by atoms with Gasteiger partial charge >= 0.3 is 12.0 Å². The zero-order valence-corrected chi connectivity index (χ0v) is 11.2. The molecule has 1 unspecified atom stereocenters. The standard InChI is InChI=1S/C14H17N3O3/c1-2-4-12(13(18)19)17-14(20)16-9-11-6-3-5-10(7-11)8-15/h3,5-7,12H,2,4,9H2,1H3,(H,18,19)(H2,16,17,20). The van der Waals surface area contributed by atoms with E-state index in [2.05, 4.69) is 10.6 Å². The molecule has 0 heterocycles. The zero-order valence-electron chi connectivity index (χ0n) is 11.2. The molecule has 1 aromatic carbocycles. The Hall–Kier alpha value is -2.55. The van der Waals surface area contributed by atoms with Crippen molar-refractivity contribution in [1.29, 1.82) is 5.26 Å². The highest BCUT2D eigenvalue weighted by molar-refractivity contribution is 5.82. The second-order valence-corrected chi connectivity index (χ2v) is 4.32. The van der Waals surface area contributed by atoms with Gasteiger partial charge in [-0.15, -0.1) is 0 Å². The van der Waals surface area contributed by atoms with Crippen LogP contribution in [0.1, 0.15) is 30.9 Å². The second-order valence-electron chi connectivity index (χ2n) is 4.32. The van der Waals surface area contributed by atoms with Crippen molar-refractivity contribution in [2.45, 2.75) is 32.4 Å². The number of nitriles is 1. The van der Waals surface area contributed by atoms with Crippen molar-refractivity contribution in [2.24, 2.45) is 0 Å². The van der Waals surface area contributed by atoms with Crippen molar-refractivity contribution in [2.75, 3.05) is 0 Å². The Morgan fingerprint density at radius 3 is 2.80 bits per heavy atom. The molecule has 20 heavy (non-hydrogen) atoms. The third kappa shape index (κ3) is 4.98. The molecule has 6 heteroatoms. The van der Waals surface area contributed by atoms with Crippen LogP contribution in [0.2, 0.25) is 0 Å². The third-order valence-corrected chi connectivity index (χ3v) is 2.69. The summed E-state index contributed by atoms with van der Waals surface area (Å²) < 4.78 is 0. The number of amides is 2. The Morgan fingerprint density at radius 1 is 1.45 bits per heavy atom. The molecule has 0 aliphatic carbocycles. The normalized spacial score (nSPS) is 11.2. The van der Waals surface area contributed by atoms with Gasteiger partial charge in [-0.25, -0.2) is 9.59 Å². The van der Waals surface area contributed by atoms with Gasteiger partial charge in [0.1, 0.15) is 6.04 Å². The predicted molar refractivity (Wildman–Crippen MR) is 72.9 cm³/mol. The molecule has 2 amide bonds.